The first-order chi connectivity index (χ1) is 22.5. The van der Waals surface area contributed by atoms with Crippen molar-refractivity contribution < 1.29 is 4.74 Å². The van der Waals surface area contributed by atoms with E-state index >= 15 is 0 Å². The summed E-state index contributed by atoms with van der Waals surface area (Å²) in [5.74, 6) is 6.93. The Balaban J connectivity index is 1.43. The highest BCUT2D eigenvalue weighted by Gasteiger charge is 2.38. The van der Waals surface area contributed by atoms with Crippen molar-refractivity contribution in [2.45, 2.75) is 142 Å². The van der Waals surface area contributed by atoms with E-state index < -0.39 is 0 Å². The van der Waals surface area contributed by atoms with Crippen molar-refractivity contribution in [3.8, 4) is 5.75 Å². The standard InChI is InChI=1S/C43H60N2O/c1-28-16-8-12-22-33(28)37-26-39(35-24-14-10-18-30(35)3)44-41(37)43(46-32-20-6-5-7-21-32)42-38(34-23-13-9-17-29(34)2)27-40(45-42)36-25-15-11-19-31(36)4/h5-7,20-21,26-31,33-36,44H,8-19,22-25H2,1-4H3/b43-42+. The summed E-state index contributed by atoms with van der Waals surface area (Å²) >= 11 is 0. The second-order valence-electron chi connectivity index (χ2n) is 16.3. The SMILES string of the molecule is CC1CCCCC1C1=CC(C2CCCCC2C)=N/C1=C(/Oc1ccccc1)c1[nH]c(C2CCCCC2C)cc1C1CCCCC1C. The van der Waals surface area contributed by atoms with Crippen LogP contribution in [-0.2, 0) is 0 Å². The highest BCUT2D eigenvalue weighted by molar-refractivity contribution is 6.03. The first-order valence-corrected chi connectivity index (χ1v) is 19.5. The predicted molar refractivity (Wildman–Crippen MR) is 193 cm³/mol. The summed E-state index contributed by atoms with van der Waals surface area (Å²) in [4.78, 5) is 9.88. The molecule has 1 aromatic heterocycles. The molecule has 1 aliphatic heterocycles. The fraction of sp³-hybridized carbons (Fsp3) is 0.651. The smallest absolute Gasteiger partial charge is 0.177 e. The van der Waals surface area contributed by atoms with Gasteiger partial charge in [0.05, 0.1) is 5.69 Å². The average Bonchev–Trinajstić information content (AvgIpc) is 3.71. The third-order valence-corrected chi connectivity index (χ3v) is 13.1. The number of allylic oxidation sites excluding steroid dienone is 2. The van der Waals surface area contributed by atoms with Gasteiger partial charge in [-0.1, -0.05) is 123 Å². The van der Waals surface area contributed by atoms with Gasteiger partial charge in [0.1, 0.15) is 11.4 Å². The molecule has 8 atom stereocenters. The van der Waals surface area contributed by atoms with E-state index in [1.807, 2.05) is 0 Å². The van der Waals surface area contributed by atoms with Crippen molar-refractivity contribution in [1.82, 2.24) is 4.98 Å². The maximum atomic E-state index is 7.20. The van der Waals surface area contributed by atoms with E-state index in [4.69, 9.17) is 9.73 Å². The Kier molecular flexibility index (Phi) is 9.94. The fourth-order valence-corrected chi connectivity index (χ4v) is 10.2. The number of rotatable bonds is 7. The van der Waals surface area contributed by atoms with Crippen LogP contribution in [0.5, 0.6) is 5.75 Å². The van der Waals surface area contributed by atoms with Crippen LogP contribution >= 0.6 is 0 Å². The topological polar surface area (TPSA) is 37.4 Å². The minimum absolute atomic E-state index is 0.545. The van der Waals surface area contributed by atoms with E-state index in [-0.39, 0.29) is 0 Å². The number of aromatic amines is 1. The van der Waals surface area contributed by atoms with Crippen molar-refractivity contribution in [2.24, 2.45) is 40.5 Å². The van der Waals surface area contributed by atoms with Gasteiger partial charge in [0.25, 0.3) is 0 Å². The number of hydrogen-bond acceptors (Lipinski definition) is 2. The number of nitrogens with zero attached hydrogens (tertiary/aromatic N) is 1. The van der Waals surface area contributed by atoms with Gasteiger partial charge < -0.3 is 9.72 Å². The molecule has 0 radical (unpaired) electrons. The molecule has 0 amide bonds. The molecular formula is C43H60N2O. The molecule has 0 saturated heterocycles. The second kappa shape index (κ2) is 14.3. The largest absolute Gasteiger partial charge is 0.453 e. The van der Waals surface area contributed by atoms with Gasteiger partial charge in [-0.05, 0) is 96.6 Å². The molecule has 2 heterocycles. The van der Waals surface area contributed by atoms with Crippen LogP contribution in [0.25, 0.3) is 5.76 Å². The zero-order valence-corrected chi connectivity index (χ0v) is 29.3. The molecule has 0 spiro atoms. The van der Waals surface area contributed by atoms with Crippen LogP contribution in [0, 0.1) is 35.5 Å². The van der Waals surface area contributed by atoms with Crippen LogP contribution in [0.3, 0.4) is 0 Å². The van der Waals surface area contributed by atoms with Crippen molar-refractivity contribution >= 4 is 11.5 Å². The normalized spacial score (nSPS) is 35.0. The molecule has 4 aliphatic carbocycles. The lowest BCUT2D eigenvalue weighted by molar-refractivity contribution is 0.295. The van der Waals surface area contributed by atoms with Crippen LogP contribution in [0.2, 0.25) is 0 Å². The molecule has 248 valence electrons. The zero-order chi connectivity index (χ0) is 31.6. The molecule has 7 rings (SSSR count). The number of H-pyrrole nitrogens is 1. The van der Waals surface area contributed by atoms with Crippen LogP contribution in [0.1, 0.15) is 159 Å². The van der Waals surface area contributed by atoms with E-state index in [9.17, 15) is 0 Å². The van der Waals surface area contributed by atoms with E-state index in [0.717, 1.165) is 17.2 Å². The van der Waals surface area contributed by atoms with E-state index in [0.29, 0.717) is 47.3 Å². The molecule has 1 N–H and O–H groups in total. The van der Waals surface area contributed by atoms with Gasteiger partial charge in [-0.25, -0.2) is 4.99 Å². The Morgan fingerprint density at radius 2 is 1.15 bits per heavy atom. The summed E-state index contributed by atoms with van der Waals surface area (Å²) in [6.07, 6.45) is 23.7. The number of nitrogens with one attached hydrogen (secondary N) is 1. The first-order valence-electron chi connectivity index (χ1n) is 19.5. The molecule has 3 nitrogen and oxygen atoms in total. The molecule has 5 aliphatic rings. The van der Waals surface area contributed by atoms with Gasteiger partial charge in [-0.2, -0.15) is 0 Å². The minimum atomic E-state index is 0.545. The molecule has 46 heavy (non-hydrogen) atoms. The Hall–Kier alpha value is -2.55. The molecule has 4 saturated carbocycles. The summed E-state index contributed by atoms with van der Waals surface area (Å²) in [6, 6.07) is 13.2. The van der Waals surface area contributed by atoms with Gasteiger partial charge in [-0.15, -0.1) is 0 Å². The van der Waals surface area contributed by atoms with Gasteiger partial charge in [0.15, 0.2) is 5.76 Å². The Bertz CT molecular complexity index is 1430. The molecule has 1 aromatic carbocycles. The molecule has 2 aromatic rings. The van der Waals surface area contributed by atoms with Gasteiger partial charge in [-0.3, -0.25) is 0 Å². The van der Waals surface area contributed by atoms with E-state index in [1.54, 1.807) is 0 Å². The van der Waals surface area contributed by atoms with Crippen LogP contribution < -0.4 is 4.74 Å². The molecule has 0 bridgehead atoms. The molecule has 3 heteroatoms. The molecular weight excluding hydrogens is 560 g/mol. The second-order valence-corrected chi connectivity index (χ2v) is 16.3. The highest BCUT2D eigenvalue weighted by atomic mass is 16.5. The third kappa shape index (κ3) is 6.59. The number of ether oxygens (including phenoxy) is 1. The lowest BCUT2D eigenvalue weighted by Gasteiger charge is -2.31. The Morgan fingerprint density at radius 3 is 1.74 bits per heavy atom. The minimum Gasteiger partial charge on any atom is -0.453 e. The van der Waals surface area contributed by atoms with Crippen molar-refractivity contribution in [1.29, 1.82) is 0 Å². The van der Waals surface area contributed by atoms with Gasteiger partial charge >= 0.3 is 0 Å². The first kappa shape index (κ1) is 32.0. The molecule has 8 unspecified atom stereocenters. The average molecular weight is 621 g/mol. The predicted octanol–water partition coefficient (Wildman–Crippen LogP) is 12.4. The number of aromatic nitrogens is 1. The van der Waals surface area contributed by atoms with Crippen molar-refractivity contribution in [3.63, 3.8) is 0 Å². The van der Waals surface area contributed by atoms with Crippen LogP contribution in [-0.4, -0.2) is 10.7 Å². The van der Waals surface area contributed by atoms with Gasteiger partial charge in [0.2, 0.25) is 0 Å². The highest BCUT2D eigenvalue weighted by Crippen LogP contribution is 2.48. The number of para-hydroxylation sites is 1. The summed E-state index contributed by atoms with van der Waals surface area (Å²) in [5, 5.41) is 0. The maximum absolute atomic E-state index is 7.20. The maximum Gasteiger partial charge on any atom is 0.177 e. The summed E-state index contributed by atoms with van der Waals surface area (Å²) < 4.78 is 7.20. The summed E-state index contributed by atoms with van der Waals surface area (Å²) in [6.45, 7) is 9.95. The number of hydrogen-bond donors (Lipinski definition) is 1. The monoisotopic (exact) mass is 620 g/mol. The fourth-order valence-electron chi connectivity index (χ4n) is 10.2. The Morgan fingerprint density at radius 1 is 0.630 bits per heavy atom. The lowest BCUT2D eigenvalue weighted by Crippen LogP contribution is -2.23. The van der Waals surface area contributed by atoms with E-state index in [1.165, 1.54) is 131 Å². The lowest BCUT2D eigenvalue weighted by atomic mass is 9.73. The quantitative estimate of drug-likeness (QED) is 0.307. The summed E-state index contributed by atoms with van der Waals surface area (Å²) in [5.41, 5.74) is 8.14. The van der Waals surface area contributed by atoms with Crippen molar-refractivity contribution in [3.05, 3.63) is 70.7 Å². The Labute approximate surface area is 279 Å². The zero-order valence-electron chi connectivity index (χ0n) is 29.3. The summed E-state index contributed by atoms with van der Waals surface area (Å²) in [7, 11) is 0. The van der Waals surface area contributed by atoms with E-state index in [2.05, 4.69) is 75.2 Å². The van der Waals surface area contributed by atoms with Crippen molar-refractivity contribution in [2.75, 3.05) is 0 Å². The van der Waals surface area contributed by atoms with Gasteiger partial charge in [0, 0.05) is 23.2 Å². The molecule has 4 fully saturated rings. The third-order valence-electron chi connectivity index (χ3n) is 13.1. The number of aliphatic imine (C=N–C) groups is 1. The number of benzene rings is 1. The van der Waals surface area contributed by atoms with Crippen LogP contribution in [0.4, 0.5) is 0 Å². The van der Waals surface area contributed by atoms with Crippen LogP contribution in [0.15, 0.2) is 58.7 Å².